The molecule has 0 fully saturated rings. The van der Waals surface area contributed by atoms with E-state index in [9.17, 15) is 9.90 Å². The van der Waals surface area contributed by atoms with E-state index in [2.05, 4.69) is 19.2 Å². The Morgan fingerprint density at radius 1 is 1.26 bits per heavy atom. The van der Waals surface area contributed by atoms with E-state index in [1.807, 2.05) is 20.8 Å². The van der Waals surface area contributed by atoms with Gasteiger partial charge in [-0.2, -0.15) is 0 Å². The number of allylic oxidation sites excluding steroid dienone is 2. The largest absolute Gasteiger partial charge is 0.507 e. The number of likely N-dealkylation sites (N-methyl/N-ethyl adjacent to an activating group) is 1. The van der Waals surface area contributed by atoms with Gasteiger partial charge in [-0.3, -0.25) is 4.79 Å². The quantitative estimate of drug-likeness (QED) is 0.442. The van der Waals surface area contributed by atoms with Gasteiger partial charge in [-0.05, 0) is 25.3 Å². The lowest BCUT2D eigenvalue weighted by Crippen LogP contribution is -2.24. The Morgan fingerprint density at radius 3 is 1.95 bits per heavy atom. The van der Waals surface area contributed by atoms with Crippen molar-refractivity contribution >= 4 is 5.91 Å². The monoisotopic (exact) mass is 269 g/mol. The van der Waals surface area contributed by atoms with E-state index >= 15 is 0 Å². The van der Waals surface area contributed by atoms with Gasteiger partial charge in [0.1, 0.15) is 5.76 Å². The van der Waals surface area contributed by atoms with Crippen LogP contribution < -0.4 is 5.32 Å². The van der Waals surface area contributed by atoms with Crippen LogP contribution in [0.4, 0.5) is 0 Å². The fraction of sp³-hybridized carbons (Fsp3) is 0.688. The molecule has 0 saturated carbocycles. The van der Waals surface area contributed by atoms with E-state index in [-0.39, 0.29) is 17.6 Å². The minimum absolute atomic E-state index is 0.00449. The molecule has 112 valence electrons. The molecule has 2 N–H and O–H groups in total. The van der Waals surface area contributed by atoms with E-state index in [0.717, 1.165) is 5.57 Å². The van der Waals surface area contributed by atoms with Crippen LogP contribution in [0.15, 0.2) is 23.0 Å². The topological polar surface area (TPSA) is 49.3 Å². The van der Waals surface area contributed by atoms with E-state index in [0.29, 0.717) is 5.57 Å². The van der Waals surface area contributed by atoms with Gasteiger partial charge in [-0.25, -0.2) is 0 Å². The number of hydrogen-bond donors (Lipinski definition) is 2. The Labute approximate surface area is 118 Å². The molecule has 0 aliphatic rings. The Hall–Kier alpha value is -1.25. The molecule has 0 aromatic heterocycles. The van der Waals surface area contributed by atoms with Crippen LogP contribution in [0.2, 0.25) is 0 Å². The van der Waals surface area contributed by atoms with Gasteiger partial charge >= 0.3 is 0 Å². The average Bonchev–Trinajstić information content (AvgIpc) is 2.38. The van der Waals surface area contributed by atoms with Crippen molar-refractivity contribution in [3.8, 4) is 0 Å². The van der Waals surface area contributed by atoms with Gasteiger partial charge in [0.25, 0.3) is 5.91 Å². The summed E-state index contributed by atoms with van der Waals surface area (Å²) in [4.78, 5) is 11.5. The molecule has 3 nitrogen and oxygen atoms in total. The summed E-state index contributed by atoms with van der Waals surface area (Å²) < 4.78 is 0. The highest BCUT2D eigenvalue weighted by molar-refractivity contribution is 5.94. The van der Waals surface area contributed by atoms with E-state index in [4.69, 9.17) is 0 Å². The number of amides is 1. The highest BCUT2D eigenvalue weighted by atomic mass is 16.3. The number of rotatable bonds is 5. The molecule has 0 bridgehead atoms. The number of carbonyl (C=O) groups excluding carboxylic acids is 1. The zero-order valence-electron chi connectivity index (χ0n) is 13.6. The fourth-order valence-corrected chi connectivity index (χ4v) is 1.48. The summed E-state index contributed by atoms with van der Waals surface area (Å²) in [5, 5.41) is 12.3. The number of carbonyl (C=O) groups is 1. The third-order valence-corrected chi connectivity index (χ3v) is 2.82. The van der Waals surface area contributed by atoms with Gasteiger partial charge in [-0.1, -0.05) is 53.0 Å². The molecule has 3 heteroatoms. The maximum absolute atomic E-state index is 11.5. The second-order valence-electron chi connectivity index (χ2n) is 4.82. The molecule has 0 aromatic carbocycles. The van der Waals surface area contributed by atoms with Gasteiger partial charge in [0, 0.05) is 7.05 Å². The molecule has 0 aliphatic carbocycles. The summed E-state index contributed by atoms with van der Waals surface area (Å²) in [7, 11) is 1.56. The zero-order chi connectivity index (χ0) is 15.4. The van der Waals surface area contributed by atoms with Crippen molar-refractivity contribution in [1.82, 2.24) is 5.32 Å². The SMILES string of the molecule is C/C=C(C)/C(O)=C(\C(=O)NC)C(C)C.CCCCC. The minimum atomic E-state index is -0.223. The second-order valence-corrected chi connectivity index (χ2v) is 4.82. The number of aliphatic hydroxyl groups is 1. The van der Waals surface area contributed by atoms with Crippen molar-refractivity contribution in [1.29, 1.82) is 0 Å². The summed E-state index contributed by atoms with van der Waals surface area (Å²) >= 11 is 0. The number of hydrogen-bond acceptors (Lipinski definition) is 2. The van der Waals surface area contributed by atoms with Crippen molar-refractivity contribution in [2.24, 2.45) is 5.92 Å². The van der Waals surface area contributed by atoms with Crippen molar-refractivity contribution in [3.63, 3.8) is 0 Å². The first-order valence-electron chi connectivity index (χ1n) is 7.15. The van der Waals surface area contributed by atoms with Crippen molar-refractivity contribution in [2.45, 2.75) is 60.8 Å². The number of aliphatic hydroxyl groups excluding tert-OH is 1. The van der Waals surface area contributed by atoms with Crippen molar-refractivity contribution in [3.05, 3.63) is 23.0 Å². The van der Waals surface area contributed by atoms with Crippen LogP contribution in [0.5, 0.6) is 0 Å². The van der Waals surface area contributed by atoms with Crippen LogP contribution in [-0.4, -0.2) is 18.1 Å². The van der Waals surface area contributed by atoms with Gasteiger partial charge in [0.2, 0.25) is 0 Å². The number of unbranched alkanes of at least 4 members (excludes halogenated alkanes) is 2. The first kappa shape index (κ1) is 20.1. The maximum Gasteiger partial charge on any atom is 0.250 e. The van der Waals surface area contributed by atoms with Crippen LogP contribution in [0, 0.1) is 5.92 Å². The van der Waals surface area contributed by atoms with E-state index < -0.39 is 0 Å². The first-order chi connectivity index (χ1) is 8.87. The fourth-order valence-electron chi connectivity index (χ4n) is 1.48. The molecule has 0 rings (SSSR count). The zero-order valence-corrected chi connectivity index (χ0v) is 13.6. The smallest absolute Gasteiger partial charge is 0.250 e. The Morgan fingerprint density at radius 2 is 1.74 bits per heavy atom. The molecule has 1 amide bonds. The molecule has 0 heterocycles. The lowest BCUT2D eigenvalue weighted by molar-refractivity contribution is -0.117. The molecule has 0 radical (unpaired) electrons. The van der Waals surface area contributed by atoms with Crippen LogP contribution in [0.1, 0.15) is 60.8 Å². The van der Waals surface area contributed by atoms with Crippen molar-refractivity contribution < 1.29 is 9.90 Å². The van der Waals surface area contributed by atoms with Gasteiger partial charge in [0.05, 0.1) is 5.57 Å². The van der Waals surface area contributed by atoms with Crippen LogP contribution in [0.25, 0.3) is 0 Å². The summed E-state index contributed by atoms with van der Waals surface area (Å²) in [5.74, 6) is -0.134. The van der Waals surface area contributed by atoms with Crippen LogP contribution in [-0.2, 0) is 4.79 Å². The molecule has 0 saturated heterocycles. The molecular weight excluding hydrogens is 238 g/mol. The standard InChI is InChI=1S/C11H19NO2.C5H12/c1-6-8(4)10(13)9(7(2)3)11(14)12-5;1-3-5-4-2/h6-7,13H,1-5H3,(H,12,14);3-5H2,1-2H3/b8-6+,10-9+;. The van der Waals surface area contributed by atoms with E-state index in [1.165, 1.54) is 19.3 Å². The number of nitrogens with one attached hydrogen (secondary N) is 1. The lowest BCUT2D eigenvalue weighted by Gasteiger charge is -2.13. The predicted octanol–water partition coefficient (Wildman–Crippen LogP) is 4.36. The molecule has 0 aliphatic heterocycles. The predicted molar refractivity (Wildman–Crippen MR) is 83.2 cm³/mol. The first-order valence-corrected chi connectivity index (χ1v) is 7.15. The summed E-state index contributed by atoms with van der Waals surface area (Å²) in [6, 6.07) is 0. The molecule has 0 aromatic rings. The lowest BCUT2D eigenvalue weighted by atomic mass is 9.98. The molecule has 19 heavy (non-hydrogen) atoms. The minimum Gasteiger partial charge on any atom is -0.507 e. The van der Waals surface area contributed by atoms with E-state index in [1.54, 1.807) is 20.0 Å². The van der Waals surface area contributed by atoms with Crippen molar-refractivity contribution in [2.75, 3.05) is 7.05 Å². The highest BCUT2D eigenvalue weighted by Gasteiger charge is 2.17. The van der Waals surface area contributed by atoms with Gasteiger partial charge < -0.3 is 10.4 Å². The Bertz CT molecular complexity index is 313. The summed E-state index contributed by atoms with van der Waals surface area (Å²) in [6.07, 6.45) is 5.85. The van der Waals surface area contributed by atoms with Crippen LogP contribution >= 0.6 is 0 Å². The Balaban J connectivity index is 0. The third kappa shape index (κ3) is 8.46. The normalized spacial score (nSPS) is 12.5. The Kier molecular flexibility index (Phi) is 12.5. The van der Waals surface area contributed by atoms with Gasteiger partial charge in [-0.15, -0.1) is 0 Å². The molecule has 0 spiro atoms. The molecular formula is C16H31NO2. The summed E-state index contributed by atoms with van der Waals surface area (Å²) in [6.45, 7) is 11.8. The average molecular weight is 269 g/mol. The summed E-state index contributed by atoms with van der Waals surface area (Å²) in [5.41, 5.74) is 1.15. The third-order valence-electron chi connectivity index (χ3n) is 2.82. The second kappa shape index (κ2) is 11.8. The van der Waals surface area contributed by atoms with Crippen LogP contribution in [0.3, 0.4) is 0 Å². The highest BCUT2D eigenvalue weighted by Crippen LogP contribution is 2.18. The van der Waals surface area contributed by atoms with Gasteiger partial charge in [0.15, 0.2) is 0 Å². The molecule has 0 atom stereocenters. The molecule has 0 unspecified atom stereocenters. The maximum atomic E-state index is 11.5.